The molecule has 0 aromatic carbocycles. The highest BCUT2D eigenvalue weighted by molar-refractivity contribution is 7.47. The first-order valence-corrected chi connectivity index (χ1v) is 44.6. The maximum absolute atomic E-state index is 13.1. The van der Waals surface area contributed by atoms with Gasteiger partial charge in [-0.3, -0.25) is 37.3 Å². The number of aliphatic hydroxyl groups excluding tert-OH is 1. The Balaban J connectivity index is 5.20. The summed E-state index contributed by atoms with van der Waals surface area (Å²) in [6, 6.07) is 0. The Labute approximate surface area is 607 Å². The van der Waals surface area contributed by atoms with E-state index in [-0.39, 0.29) is 25.7 Å². The first-order valence-electron chi connectivity index (χ1n) is 41.6. The van der Waals surface area contributed by atoms with Gasteiger partial charge in [0.05, 0.1) is 26.4 Å². The van der Waals surface area contributed by atoms with E-state index in [1.165, 1.54) is 244 Å². The molecule has 0 saturated heterocycles. The topological polar surface area (TPSA) is 237 Å². The van der Waals surface area contributed by atoms with Crippen molar-refractivity contribution in [3.05, 3.63) is 0 Å². The van der Waals surface area contributed by atoms with Crippen LogP contribution in [0.1, 0.15) is 426 Å². The normalized spacial score (nSPS) is 13.9. The Morgan fingerprint density at radius 1 is 0.273 bits per heavy atom. The number of hydrogen-bond acceptors (Lipinski definition) is 15. The highest BCUT2D eigenvalue weighted by atomic mass is 31.2. The molecule has 0 aliphatic carbocycles. The number of aliphatic hydroxyl groups is 1. The van der Waals surface area contributed by atoms with Gasteiger partial charge in [-0.2, -0.15) is 0 Å². The van der Waals surface area contributed by atoms with Crippen molar-refractivity contribution >= 4 is 39.5 Å². The van der Waals surface area contributed by atoms with Gasteiger partial charge in [-0.1, -0.05) is 375 Å². The molecule has 0 aromatic heterocycles. The molecule has 0 spiro atoms. The van der Waals surface area contributed by atoms with Crippen LogP contribution in [0.5, 0.6) is 0 Å². The van der Waals surface area contributed by atoms with Gasteiger partial charge in [-0.15, -0.1) is 0 Å². The third-order valence-corrected chi connectivity index (χ3v) is 20.7. The molecule has 2 unspecified atom stereocenters. The Kier molecular flexibility index (Phi) is 71.6. The van der Waals surface area contributed by atoms with Crippen LogP contribution in [-0.4, -0.2) is 96.7 Å². The number of hydrogen-bond donors (Lipinski definition) is 3. The van der Waals surface area contributed by atoms with Gasteiger partial charge in [0.2, 0.25) is 0 Å². The maximum atomic E-state index is 13.1. The molecule has 0 fully saturated rings. The molecule has 99 heavy (non-hydrogen) atoms. The quantitative estimate of drug-likeness (QED) is 0.0222. The predicted molar refractivity (Wildman–Crippen MR) is 405 cm³/mol. The Hall–Kier alpha value is -1.94. The van der Waals surface area contributed by atoms with Crippen molar-refractivity contribution in [2.75, 3.05) is 39.6 Å². The van der Waals surface area contributed by atoms with Gasteiger partial charge in [0.25, 0.3) is 0 Å². The van der Waals surface area contributed by atoms with E-state index < -0.39 is 97.5 Å². The van der Waals surface area contributed by atoms with Crippen molar-refractivity contribution < 1.29 is 80.2 Å². The zero-order chi connectivity index (χ0) is 72.7. The smallest absolute Gasteiger partial charge is 0.462 e. The van der Waals surface area contributed by atoms with E-state index in [4.69, 9.17) is 37.0 Å². The molecular formula is C80H156O17P2. The summed E-state index contributed by atoms with van der Waals surface area (Å²) in [5.74, 6) is -1.35. The fourth-order valence-corrected chi connectivity index (χ4v) is 14.0. The summed E-state index contributed by atoms with van der Waals surface area (Å²) in [6.45, 7) is 7.30. The predicted octanol–water partition coefficient (Wildman–Crippen LogP) is 24.0. The van der Waals surface area contributed by atoms with E-state index in [0.717, 1.165) is 102 Å². The average Bonchev–Trinajstić information content (AvgIpc) is 1.03. The van der Waals surface area contributed by atoms with Gasteiger partial charge in [-0.05, 0) is 31.6 Å². The van der Waals surface area contributed by atoms with E-state index in [1.54, 1.807) is 0 Å². The molecule has 0 aliphatic heterocycles. The van der Waals surface area contributed by atoms with Crippen LogP contribution in [0.15, 0.2) is 0 Å². The minimum atomic E-state index is -4.96. The van der Waals surface area contributed by atoms with Gasteiger partial charge in [0.1, 0.15) is 19.3 Å². The number of phosphoric ester groups is 2. The molecule has 0 aromatic rings. The summed E-state index contributed by atoms with van der Waals surface area (Å²) < 4.78 is 68.6. The summed E-state index contributed by atoms with van der Waals surface area (Å²) in [6.07, 6.45) is 63.9. The van der Waals surface area contributed by atoms with Gasteiger partial charge >= 0.3 is 39.5 Å². The lowest BCUT2D eigenvalue weighted by atomic mass is 10.0. The lowest BCUT2D eigenvalue weighted by Crippen LogP contribution is -2.30. The zero-order valence-corrected chi connectivity index (χ0v) is 66.4. The number of unbranched alkanes of at least 4 members (excludes halogenated alkanes) is 52. The SMILES string of the molecule is CCCCCCCCCCCCCCCCCCCCCCC(=O)O[C@H](COC(=O)CCCCCCCCCCCCCCCCCCC)COP(=O)(O)OC[C@@H](O)COP(=O)(O)OC[C@@H](COC(=O)CCCCCCCCCC)OC(=O)CCCCCCCCCCCCCC(C)C. The van der Waals surface area contributed by atoms with Crippen molar-refractivity contribution in [3.8, 4) is 0 Å². The Bertz CT molecular complexity index is 1890. The average molecular weight is 1450 g/mol. The third-order valence-electron chi connectivity index (χ3n) is 18.8. The highest BCUT2D eigenvalue weighted by Gasteiger charge is 2.30. The van der Waals surface area contributed by atoms with E-state index in [0.29, 0.717) is 25.7 Å². The molecule has 5 atom stereocenters. The monoisotopic (exact) mass is 1450 g/mol. The number of phosphoric acid groups is 2. The summed E-state index contributed by atoms with van der Waals surface area (Å²) in [7, 11) is -9.91. The lowest BCUT2D eigenvalue weighted by Gasteiger charge is -2.21. The molecule has 17 nitrogen and oxygen atoms in total. The lowest BCUT2D eigenvalue weighted by molar-refractivity contribution is -0.161. The largest absolute Gasteiger partial charge is 0.472 e. The second kappa shape index (κ2) is 73.0. The molecule has 0 saturated carbocycles. The first-order chi connectivity index (χ1) is 48.0. The van der Waals surface area contributed by atoms with Crippen LogP contribution in [0.3, 0.4) is 0 Å². The summed E-state index contributed by atoms with van der Waals surface area (Å²) in [4.78, 5) is 72.9. The minimum Gasteiger partial charge on any atom is -0.462 e. The standard InChI is InChI=1S/C80H156O17P2/c1-6-9-12-15-18-21-23-25-27-29-30-31-33-35-37-41-45-50-55-60-65-79(84)97-76(70-91-78(83)64-59-54-49-44-40-36-34-32-28-26-24-22-19-16-13-10-7-2)72-95-99(88,89)93-68-74(81)67-92-98(86,87)94-71-75(69-90-77(82)63-58-53-48-20-17-14-11-8-3)96-80(85)66-61-56-51-46-42-38-39-43-47-52-57-62-73(4)5/h73-76,81H,6-72H2,1-5H3,(H,86,87)(H,88,89)/t74-,75+,76+/m0/s1. The van der Waals surface area contributed by atoms with Gasteiger partial charge in [0.15, 0.2) is 12.2 Å². The number of ether oxygens (including phenoxy) is 4. The Morgan fingerprint density at radius 3 is 0.687 bits per heavy atom. The van der Waals surface area contributed by atoms with Crippen molar-refractivity contribution in [1.82, 2.24) is 0 Å². The van der Waals surface area contributed by atoms with Crippen molar-refractivity contribution in [2.24, 2.45) is 5.92 Å². The molecule has 3 N–H and O–H groups in total. The van der Waals surface area contributed by atoms with Gasteiger partial charge in [0, 0.05) is 25.7 Å². The molecule has 0 radical (unpaired) electrons. The summed E-state index contributed by atoms with van der Waals surface area (Å²) in [5, 5.41) is 10.6. The molecule has 0 amide bonds. The molecule has 19 heteroatoms. The van der Waals surface area contributed by atoms with Gasteiger partial charge < -0.3 is 33.8 Å². The molecule has 0 rings (SSSR count). The second-order valence-corrected chi connectivity index (χ2v) is 32.2. The molecule has 0 aliphatic rings. The van der Waals surface area contributed by atoms with E-state index in [2.05, 4.69) is 34.6 Å². The molecular weight excluding hydrogens is 1290 g/mol. The molecule has 0 heterocycles. The Morgan fingerprint density at radius 2 is 0.465 bits per heavy atom. The summed E-state index contributed by atoms with van der Waals surface area (Å²) in [5.41, 5.74) is 0. The number of esters is 4. The fourth-order valence-electron chi connectivity index (χ4n) is 12.4. The zero-order valence-electron chi connectivity index (χ0n) is 64.6. The van der Waals surface area contributed by atoms with Crippen molar-refractivity contribution in [1.29, 1.82) is 0 Å². The molecule has 0 bridgehead atoms. The van der Waals surface area contributed by atoms with Crippen LogP contribution in [0.2, 0.25) is 0 Å². The fraction of sp³-hybridized carbons (Fsp3) is 0.950. The van der Waals surface area contributed by atoms with Crippen molar-refractivity contribution in [2.45, 2.75) is 445 Å². The van der Waals surface area contributed by atoms with Crippen molar-refractivity contribution in [3.63, 3.8) is 0 Å². The summed E-state index contributed by atoms with van der Waals surface area (Å²) >= 11 is 0. The molecule has 588 valence electrons. The van der Waals surface area contributed by atoms with Crippen LogP contribution in [-0.2, 0) is 65.4 Å². The number of carbonyl (C=O) groups is 4. The van der Waals surface area contributed by atoms with Crippen LogP contribution >= 0.6 is 15.6 Å². The first kappa shape index (κ1) is 97.1. The van der Waals surface area contributed by atoms with Crippen LogP contribution in [0.4, 0.5) is 0 Å². The van der Waals surface area contributed by atoms with Crippen LogP contribution < -0.4 is 0 Å². The van der Waals surface area contributed by atoms with Gasteiger partial charge in [-0.25, -0.2) is 9.13 Å². The minimum absolute atomic E-state index is 0.107. The number of rotatable bonds is 80. The highest BCUT2D eigenvalue weighted by Crippen LogP contribution is 2.45. The van der Waals surface area contributed by atoms with E-state index in [9.17, 15) is 43.2 Å². The second-order valence-electron chi connectivity index (χ2n) is 29.3. The third kappa shape index (κ3) is 74.1. The number of carbonyl (C=O) groups excluding carboxylic acids is 4. The maximum Gasteiger partial charge on any atom is 0.472 e. The van der Waals surface area contributed by atoms with E-state index >= 15 is 0 Å². The van der Waals surface area contributed by atoms with E-state index in [1.807, 2.05) is 0 Å². The van der Waals surface area contributed by atoms with Crippen LogP contribution in [0, 0.1) is 5.92 Å². The van der Waals surface area contributed by atoms with Crippen LogP contribution in [0.25, 0.3) is 0 Å².